The number of ether oxygens (including phenoxy) is 2. The van der Waals surface area contributed by atoms with Crippen molar-refractivity contribution in [3.63, 3.8) is 0 Å². The molecule has 2 aromatic heterocycles. The molecule has 0 saturated carbocycles. The van der Waals surface area contributed by atoms with Gasteiger partial charge in [0, 0.05) is 23.6 Å². The quantitative estimate of drug-likeness (QED) is 0.351. The first-order valence-electron chi connectivity index (χ1n) is 11.3. The van der Waals surface area contributed by atoms with Crippen LogP contribution < -0.4 is 9.64 Å². The largest absolute Gasteiger partial charge is 0.479 e. The fraction of sp³-hybridized carbons (Fsp3) is 0.185. The summed E-state index contributed by atoms with van der Waals surface area (Å²) in [6, 6.07) is 21.0. The van der Waals surface area contributed by atoms with Gasteiger partial charge in [-0.1, -0.05) is 36.4 Å². The summed E-state index contributed by atoms with van der Waals surface area (Å²) in [5.41, 5.74) is 3.98. The van der Waals surface area contributed by atoms with Crippen molar-refractivity contribution in [1.82, 2.24) is 9.97 Å². The van der Waals surface area contributed by atoms with Crippen LogP contribution in [0.25, 0.3) is 22.0 Å². The van der Waals surface area contributed by atoms with Crippen LogP contribution >= 0.6 is 11.3 Å². The van der Waals surface area contributed by atoms with Crippen molar-refractivity contribution in [3.8, 4) is 27.7 Å². The molecular formula is C27H23N3O4S. The highest BCUT2D eigenvalue weighted by molar-refractivity contribution is 7.13. The fourth-order valence-electron chi connectivity index (χ4n) is 3.84. The van der Waals surface area contributed by atoms with Crippen LogP contribution in [0.5, 0.6) is 5.75 Å². The molecule has 0 bridgehead atoms. The Morgan fingerprint density at radius 3 is 2.71 bits per heavy atom. The van der Waals surface area contributed by atoms with E-state index >= 15 is 0 Å². The van der Waals surface area contributed by atoms with E-state index < -0.39 is 12.1 Å². The molecule has 7 nitrogen and oxygen atoms in total. The number of pyridine rings is 1. The molecule has 5 rings (SSSR count). The lowest BCUT2D eigenvalue weighted by molar-refractivity contribution is -0.143. The number of benzene rings is 2. The standard InChI is InChI=1S/C27H23N3O4S/c1-18-27(32)30(16-25(31)33-14-12-19-7-3-2-4-8-19)23-15-20(10-11-24(23)34-18)22-17-35-26(29-22)21-9-5-6-13-28-21/h2-11,13,15,17-18H,12,14,16H2,1H3. The first kappa shape index (κ1) is 22.7. The molecule has 0 aliphatic carbocycles. The van der Waals surface area contributed by atoms with E-state index in [1.807, 2.05) is 66.0 Å². The van der Waals surface area contributed by atoms with Gasteiger partial charge in [-0.3, -0.25) is 19.5 Å². The van der Waals surface area contributed by atoms with Gasteiger partial charge in [0.2, 0.25) is 0 Å². The number of carbonyl (C=O) groups is 2. The van der Waals surface area contributed by atoms with Crippen LogP contribution in [-0.4, -0.2) is 41.1 Å². The van der Waals surface area contributed by atoms with Crippen LogP contribution in [0.15, 0.2) is 78.3 Å². The first-order chi connectivity index (χ1) is 17.1. The van der Waals surface area contributed by atoms with E-state index in [4.69, 9.17) is 14.5 Å². The summed E-state index contributed by atoms with van der Waals surface area (Å²) in [6.45, 7) is 1.74. The summed E-state index contributed by atoms with van der Waals surface area (Å²) in [4.78, 5) is 36.0. The van der Waals surface area contributed by atoms with Crippen molar-refractivity contribution in [2.75, 3.05) is 18.1 Å². The summed E-state index contributed by atoms with van der Waals surface area (Å²) in [7, 11) is 0. The number of fused-ring (bicyclic) bond motifs is 1. The number of hydrogen-bond donors (Lipinski definition) is 0. The predicted molar refractivity (Wildman–Crippen MR) is 134 cm³/mol. The molecule has 3 heterocycles. The van der Waals surface area contributed by atoms with Gasteiger partial charge in [-0.2, -0.15) is 0 Å². The molecule has 4 aromatic rings. The third kappa shape index (κ3) is 5.07. The van der Waals surface area contributed by atoms with Crippen molar-refractivity contribution in [2.24, 2.45) is 0 Å². The topological polar surface area (TPSA) is 81.6 Å². The highest BCUT2D eigenvalue weighted by Gasteiger charge is 2.33. The minimum Gasteiger partial charge on any atom is -0.479 e. The lowest BCUT2D eigenvalue weighted by Crippen LogP contribution is -2.47. The Labute approximate surface area is 207 Å². The molecule has 176 valence electrons. The molecule has 0 spiro atoms. The van der Waals surface area contributed by atoms with Gasteiger partial charge in [-0.25, -0.2) is 4.98 Å². The van der Waals surface area contributed by atoms with Crippen molar-refractivity contribution in [1.29, 1.82) is 0 Å². The highest BCUT2D eigenvalue weighted by Crippen LogP contribution is 2.38. The number of amides is 1. The molecule has 8 heteroatoms. The Bertz CT molecular complexity index is 1340. The second kappa shape index (κ2) is 10.1. The van der Waals surface area contributed by atoms with Crippen molar-refractivity contribution in [2.45, 2.75) is 19.4 Å². The van der Waals surface area contributed by atoms with Gasteiger partial charge in [0.05, 0.1) is 23.7 Å². The smallest absolute Gasteiger partial charge is 0.326 e. The lowest BCUT2D eigenvalue weighted by Gasteiger charge is -2.32. The molecule has 0 radical (unpaired) electrons. The minimum absolute atomic E-state index is 0.186. The number of carbonyl (C=O) groups excluding carboxylic acids is 2. The molecular weight excluding hydrogens is 462 g/mol. The predicted octanol–water partition coefficient (Wildman–Crippen LogP) is 4.77. The lowest BCUT2D eigenvalue weighted by atomic mass is 10.1. The average Bonchev–Trinajstić information content (AvgIpc) is 3.38. The Kier molecular flexibility index (Phi) is 6.54. The maximum Gasteiger partial charge on any atom is 0.326 e. The normalized spacial score (nSPS) is 14.8. The molecule has 1 unspecified atom stereocenters. The summed E-state index contributed by atoms with van der Waals surface area (Å²) in [5, 5.41) is 2.75. The summed E-state index contributed by atoms with van der Waals surface area (Å²) >= 11 is 1.49. The van der Waals surface area contributed by atoms with Crippen LogP contribution in [0, 0.1) is 0 Å². The second-order valence-corrected chi connectivity index (χ2v) is 8.93. The monoisotopic (exact) mass is 485 g/mol. The van der Waals surface area contributed by atoms with Crippen LogP contribution in [0.1, 0.15) is 12.5 Å². The van der Waals surface area contributed by atoms with Crippen LogP contribution in [0.3, 0.4) is 0 Å². The van der Waals surface area contributed by atoms with Gasteiger partial charge in [0.25, 0.3) is 5.91 Å². The Balaban J connectivity index is 1.34. The zero-order chi connectivity index (χ0) is 24.2. The summed E-state index contributed by atoms with van der Waals surface area (Å²) < 4.78 is 11.2. The summed E-state index contributed by atoms with van der Waals surface area (Å²) in [5.74, 6) is -0.217. The zero-order valence-electron chi connectivity index (χ0n) is 19.1. The van der Waals surface area contributed by atoms with Gasteiger partial charge < -0.3 is 9.47 Å². The van der Waals surface area contributed by atoms with Crippen LogP contribution in [0.2, 0.25) is 0 Å². The average molecular weight is 486 g/mol. The molecule has 0 N–H and O–H groups in total. The second-order valence-electron chi connectivity index (χ2n) is 8.08. The number of nitrogens with zero attached hydrogens (tertiary/aromatic N) is 3. The maximum absolute atomic E-state index is 12.9. The number of anilines is 1. The minimum atomic E-state index is -0.694. The molecule has 1 amide bonds. The third-order valence-corrected chi connectivity index (χ3v) is 6.50. The maximum atomic E-state index is 12.9. The van der Waals surface area contributed by atoms with E-state index in [1.54, 1.807) is 19.2 Å². The third-order valence-electron chi connectivity index (χ3n) is 5.64. The molecule has 1 aliphatic rings. The number of esters is 1. The van der Waals surface area contributed by atoms with Gasteiger partial charge in [-0.05, 0) is 42.8 Å². The van der Waals surface area contributed by atoms with Gasteiger partial charge in [-0.15, -0.1) is 11.3 Å². The van der Waals surface area contributed by atoms with Crippen molar-refractivity contribution in [3.05, 3.63) is 83.9 Å². The Morgan fingerprint density at radius 1 is 1.09 bits per heavy atom. The van der Waals surface area contributed by atoms with Crippen molar-refractivity contribution >= 4 is 28.9 Å². The fourth-order valence-corrected chi connectivity index (χ4v) is 4.65. The van der Waals surface area contributed by atoms with E-state index in [1.165, 1.54) is 16.2 Å². The van der Waals surface area contributed by atoms with E-state index in [0.29, 0.717) is 17.9 Å². The molecule has 1 aliphatic heterocycles. The molecule has 2 aromatic carbocycles. The van der Waals surface area contributed by atoms with Gasteiger partial charge in [0.15, 0.2) is 6.10 Å². The van der Waals surface area contributed by atoms with E-state index in [2.05, 4.69) is 4.98 Å². The summed E-state index contributed by atoms with van der Waals surface area (Å²) in [6.07, 6.45) is 1.65. The SMILES string of the molecule is CC1Oc2ccc(-c3csc(-c4ccccn4)n3)cc2N(CC(=O)OCCc2ccccc2)C1=O. The number of rotatable bonds is 7. The van der Waals surface area contributed by atoms with Gasteiger partial charge in [0.1, 0.15) is 17.3 Å². The van der Waals surface area contributed by atoms with E-state index in [0.717, 1.165) is 27.5 Å². The van der Waals surface area contributed by atoms with Crippen LogP contribution in [0.4, 0.5) is 5.69 Å². The van der Waals surface area contributed by atoms with E-state index in [9.17, 15) is 9.59 Å². The van der Waals surface area contributed by atoms with Crippen LogP contribution in [-0.2, 0) is 20.7 Å². The number of aromatic nitrogens is 2. The molecule has 1 atom stereocenters. The number of hydrogen-bond acceptors (Lipinski definition) is 7. The van der Waals surface area contributed by atoms with Crippen molar-refractivity contribution < 1.29 is 19.1 Å². The molecule has 0 fully saturated rings. The molecule has 0 saturated heterocycles. The Hall–Kier alpha value is -4.04. The number of thiazole rings is 1. The highest BCUT2D eigenvalue weighted by atomic mass is 32.1. The zero-order valence-corrected chi connectivity index (χ0v) is 19.9. The van der Waals surface area contributed by atoms with Gasteiger partial charge >= 0.3 is 5.97 Å². The first-order valence-corrected chi connectivity index (χ1v) is 12.2. The van der Waals surface area contributed by atoms with E-state index in [-0.39, 0.29) is 19.1 Å². The Morgan fingerprint density at radius 2 is 1.91 bits per heavy atom. The molecule has 35 heavy (non-hydrogen) atoms.